The fourth-order valence-electron chi connectivity index (χ4n) is 2.64. The van der Waals surface area contributed by atoms with Crippen LogP contribution in [0.15, 0.2) is 83.1 Å². The Hall–Kier alpha value is -2.85. The second kappa shape index (κ2) is 7.58. The summed E-state index contributed by atoms with van der Waals surface area (Å²) >= 11 is 1.64. The van der Waals surface area contributed by atoms with Crippen LogP contribution < -0.4 is 14.2 Å². The second-order valence-corrected chi connectivity index (χ2v) is 6.72. The lowest BCUT2D eigenvalue weighted by atomic mass is 10.2. The lowest BCUT2D eigenvalue weighted by molar-refractivity contribution is 0.305. The maximum atomic E-state index is 6.05. The zero-order chi connectivity index (χ0) is 17.8. The largest absolute Gasteiger partial charge is 0.497 e. The lowest BCUT2D eigenvalue weighted by Gasteiger charge is -2.19. The number of ether oxygens (including phenoxy) is 3. The van der Waals surface area contributed by atoms with Gasteiger partial charge in [-0.05, 0) is 48.0 Å². The predicted molar refractivity (Wildman–Crippen MR) is 105 cm³/mol. The molecule has 4 heteroatoms. The van der Waals surface area contributed by atoms with Gasteiger partial charge in [-0.2, -0.15) is 0 Å². The minimum Gasteiger partial charge on any atom is -0.497 e. The Balaban J connectivity index is 1.46. The number of benzene rings is 3. The Labute approximate surface area is 157 Å². The summed E-state index contributed by atoms with van der Waals surface area (Å²) in [4.78, 5) is 1.05. The average Bonchev–Trinajstić information content (AvgIpc) is 2.72. The molecule has 0 amide bonds. The van der Waals surface area contributed by atoms with Crippen molar-refractivity contribution in [2.75, 3.05) is 7.11 Å². The summed E-state index contributed by atoms with van der Waals surface area (Å²) < 4.78 is 17.1. The first kappa shape index (κ1) is 16.6. The van der Waals surface area contributed by atoms with Gasteiger partial charge in [0.2, 0.25) is 0 Å². The molecule has 0 saturated carbocycles. The van der Waals surface area contributed by atoms with E-state index in [9.17, 15) is 0 Å². The summed E-state index contributed by atoms with van der Waals surface area (Å²) in [6.07, 6.45) is 0. The van der Waals surface area contributed by atoms with Crippen molar-refractivity contribution in [3.8, 4) is 17.2 Å². The van der Waals surface area contributed by atoms with Crippen molar-refractivity contribution in [1.29, 1.82) is 0 Å². The Bertz CT molecular complexity index is 918. The average molecular weight is 362 g/mol. The molecule has 0 aliphatic carbocycles. The highest BCUT2D eigenvalue weighted by Crippen LogP contribution is 2.41. The van der Waals surface area contributed by atoms with Gasteiger partial charge in [-0.3, -0.25) is 0 Å². The zero-order valence-electron chi connectivity index (χ0n) is 14.3. The summed E-state index contributed by atoms with van der Waals surface area (Å²) in [5.41, 5.74) is 2.17. The maximum absolute atomic E-state index is 6.05. The van der Waals surface area contributed by atoms with Crippen molar-refractivity contribution in [1.82, 2.24) is 0 Å². The summed E-state index contributed by atoms with van der Waals surface area (Å²) in [5.74, 6) is 3.35. The molecule has 1 heterocycles. The van der Waals surface area contributed by atoms with Gasteiger partial charge in [0.15, 0.2) is 0 Å². The smallest absolute Gasteiger partial charge is 0.141 e. The molecular formula is C22H18O3S. The molecule has 3 aromatic rings. The number of hydrogen-bond donors (Lipinski definition) is 0. The van der Waals surface area contributed by atoms with Crippen LogP contribution in [0.1, 0.15) is 11.1 Å². The number of thioether (sulfide) groups is 1. The van der Waals surface area contributed by atoms with Gasteiger partial charge in [0, 0.05) is 11.0 Å². The Morgan fingerprint density at radius 3 is 2.42 bits per heavy atom. The third-order valence-electron chi connectivity index (χ3n) is 4.05. The van der Waals surface area contributed by atoms with Crippen molar-refractivity contribution in [2.45, 2.75) is 11.5 Å². The van der Waals surface area contributed by atoms with Crippen LogP contribution in [0, 0.1) is 0 Å². The molecule has 3 aromatic carbocycles. The first-order valence-electron chi connectivity index (χ1n) is 8.32. The quantitative estimate of drug-likeness (QED) is 0.577. The van der Waals surface area contributed by atoms with Crippen LogP contribution in [0.3, 0.4) is 0 Å². The predicted octanol–water partition coefficient (Wildman–Crippen LogP) is 5.76. The Kier molecular flexibility index (Phi) is 4.84. The van der Waals surface area contributed by atoms with E-state index in [1.165, 1.54) is 0 Å². The summed E-state index contributed by atoms with van der Waals surface area (Å²) in [6.45, 7) is 0.554. The summed E-state index contributed by atoms with van der Waals surface area (Å²) in [6, 6.07) is 23.9. The number of hydrogen-bond acceptors (Lipinski definition) is 4. The highest BCUT2D eigenvalue weighted by molar-refractivity contribution is 8.02. The van der Waals surface area contributed by atoms with Gasteiger partial charge in [0.25, 0.3) is 0 Å². The molecule has 0 unspecified atom stereocenters. The third-order valence-corrected chi connectivity index (χ3v) is 4.96. The zero-order valence-corrected chi connectivity index (χ0v) is 15.2. The van der Waals surface area contributed by atoms with Gasteiger partial charge in [-0.1, -0.05) is 42.1 Å². The lowest BCUT2D eigenvalue weighted by Crippen LogP contribution is -2.00. The van der Waals surface area contributed by atoms with Crippen LogP contribution >= 0.6 is 11.8 Å². The monoisotopic (exact) mass is 362 g/mol. The molecule has 0 atom stereocenters. The molecule has 0 radical (unpaired) electrons. The van der Waals surface area contributed by atoms with E-state index in [1.54, 1.807) is 18.9 Å². The van der Waals surface area contributed by atoms with Gasteiger partial charge >= 0.3 is 0 Å². The van der Waals surface area contributed by atoms with Gasteiger partial charge in [-0.25, -0.2) is 0 Å². The van der Waals surface area contributed by atoms with E-state index in [0.29, 0.717) is 6.61 Å². The van der Waals surface area contributed by atoms with Gasteiger partial charge < -0.3 is 14.2 Å². The second-order valence-electron chi connectivity index (χ2n) is 5.81. The molecule has 0 spiro atoms. The maximum Gasteiger partial charge on any atom is 0.141 e. The molecule has 0 aromatic heterocycles. The van der Waals surface area contributed by atoms with E-state index >= 15 is 0 Å². The van der Waals surface area contributed by atoms with Gasteiger partial charge in [0.05, 0.1) is 12.0 Å². The van der Waals surface area contributed by atoms with Gasteiger partial charge in [0.1, 0.15) is 29.6 Å². The normalized spacial score (nSPS) is 12.6. The molecule has 0 saturated heterocycles. The Morgan fingerprint density at radius 2 is 1.65 bits per heavy atom. The van der Waals surface area contributed by atoms with Crippen molar-refractivity contribution >= 4 is 17.5 Å². The standard InChI is InChI=1S/C22H18O3S/c1-23-18-9-7-17(8-10-18)21-15-26-22-13-19(11-12-20(22)25-21)24-14-16-5-3-2-4-6-16/h2-13,15H,14H2,1H3. The third kappa shape index (κ3) is 3.70. The molecule has 130 valence electrons. The molecule has 0 fully saturated rings. The molecule has 3 nitrogen and oxygen atoms in total. The van der Waals surface area contributed by atoms with Crippen LogP contribution in [0.2, 0.25) is 0 Å². The van der Waals surface area contributed by atoms with Crippen molar-refractivity contribution in [3.05, 3.63) is 89.3 Å². The minimum absolute atomic E-state index is 0.554. The van der Waals surface area contributed by atoms with Crippen LogP contribution in [0.5, 0.6) is 17.2 Å². The highest BCUT2D eigenvalue weighted by atomic mass is 32.2. The number of fused-ring (bicyclic) bond motifs is 1. The molecular weight excluding hydrogens is 344 g/mol. The van der Waals surface area contributed by atoms with Crippen molar-refractivity contribution in [3.63, 3.8) is 0 Å². The molecule has 0 N–H and O–H groups in total. The van der Waals surface area contributed by atoms with Crippen molar-refractivity contribution < 1.29 is 14.2 Å². The fourth-order valence-corrected chi connectivity index (χ4v) is 3.47. The van der Waals surface area contributed by atoms with E-state index in [0.717, 1.165) is 39.0 Å². The van der Waals surface area contributed by atoms with E-state index in [1.807, 2.05) is 66.1 Å². The van der Waals surface area contributed by atoms with E-state index in [2.05, 4.69) is 12.1 Å². The first-order chi connectivity index (χ1) is 12.8. The summed E-state index contributed by atoms with van der Waals surface area (Å²) in [7, 11) is 1.66. The molecule has 1 aliphatic heterocycles. The molecule has 4 rings (SSSR count). The van der Waals surface area contributed by atoms with Gasteiger partial charge in [-0.15, -0.1) is 0 Å². The van der Waals surface area contributed by atoms with Crippen molar-refractivity contribution in [2.24, 2.45) is 0 Å². The van der Waals surface area contributed by atoms with Crippen LogP contribution in [-0.4, -0.2) is 7.11 Å². The summed E-state index contributed by atoms with van der Waals surface area (Å²) in [5, 5.41) is 2.02. The Morgan fingerprint density at radius 1 is 0.885 bits per heavy atom. The van der Waals surface area contributed by atoms with Crippen LogP contribution in [-0.2, 0) is 6.61 Å². The van der Waals surface area contributed by atoms with E-state index in [-0.39, 0.29) is 0 Å². The van der Waals surface area contributed by atoms with E-state index in [4.69, 9.17) is 14.2 Å². The highest BCUT2D eigenvalue weighted by Gasteiger charge is 2.16. The number of methoxy groups -OCH3 is 1. The van der Waals surface area contributed by atoms with Crippen LogP contribution in [0.25, 0.3) is 5.76 Å². The molecule has 26 heavy (non-hydrogen) atoms. The SMILES string of the molecule is COc1ccc(C2=CSc3cc(OCc4ccccc4)ccc3O2)cc1. The fraction of sp³-hybridized carbons (Fsp3) is 0.0909. The molecule has 0 bridgehead atoms. The topological polar surface area (TPSA) is 27.7 Å². The first-order valence-corrected chi connectivity index (χ1v) is 9.20. The van der Waals surface area contributed by atoms with Crippen LogP contribution in [0.4, 0.5) is 0 Å². The molecule has 1 aliphatic rings. The number of rotatable bonds is 5. The minimum atomic E-state index is 0.554. The van der Waals surface area contributed by atoms with E-state index < -0.39 is 0 Å².